The van der Waals surface area contributed by atoms with E-state index in [2.05, 4.69) is 10.3 Å². The average molecular weight is 387 g/mol. The molecule has 2 rings (SSSR count). The van der Waals surface area contributed by atoms with Crippen molar-refractivity contribution in [1.82, 2.24) is 0 Å². The van der Waals surface area contributed by atoms with Crippen molar-refractivity contribution in [2.24, 2.45) is 10.3 Å². The van der Waals surface area contributed by atoms with Gasteiger partial charge in [0, 0.05) is 49.2 Å². The lowest BCUT2D eigenvalue weighted by Gasteiger charge is -2.03. The topological polar surface area (TPSA) is 82.2 Å². The van der Waals surface area contributed by atoms with Crippen molar-refractivity contribution < 1.29 is 49.1 Å². The minimum Gasteiger partial charge on any atom is -1.00 e. The van der Waals surface area contributed by atoms with Crippen LogP contribution in [-0.2, 0) is 18.2 Å². The highest BCUT2D eigenvalue weighted by atomic mass is 35.5. The SMILES string of the molecule is Cc1cc(/C=N\O)cc[n+]1COC[n+]1ccc(/C=N\O)cc1C.[Cl-].[Cl-]. The van der Waals surface area contributed by atoms with Crippen molar-refractivity contribution in [3.63, 3.8) is 0 Å². The number of hydrogen-bond acceptors (Lipinski definition) is 5. The Labute approximate surface area is 158 Å². The predicted octanol–water partition coefficient (Wildman–Crippen LogP) is -4.87. The molecule has 0 aliphatic heterocycles. The lowest BCUT2D eigenvalue weighted by molar-refractivity contribution is -0.793. The van der Waals surface area contributed by atoms with Gasteiger partial charge < -0.3 is 35.2 Å². The number of rotatable bonds is 6. The van der Waals surface area contributed by atoms with Gasteiger partial charge in [0.25, 0.3) is 13.5 Å². The second-order valence-electron chi connectivity index (χ2n) is 5.09. The molecule has 0 amide bonds. The fourth-order valence-electron chi connectivity index (χ4n) is 2.15. The maximum absolute atomic E-state index is 8.54. The van der Waals surface area contributed by atoms with Crippen molar-refractivity contribution in [2.75, 3.05) is 0 Å². The van der Waals surface area contributed by atoms with Gasteiger partial charge in [-0.2, -0.15) is 9.13 Å². The minimum absolute atomic E-state index is 0. The van der Waals surface area contributed by atoms with Gasteiger partial charge in [-0.25, -0.2) is 0 Å². The van der Waals surface area contributed by atoms with Crippen LogP contribution in [0, 0.1) is 13.8 Å². The number of halogens is 2. The van der Waals surface area contributed by atoms with Crippen molar-refractivity contribution in [1.29, 1.82) is 0 Å². The van der Waals surface area contributed by atoms with Gasteiger partial charge in [-0.3, -0.25) is 4.74 Å². The average Bonchev–Trinajstić information content (AvgIpc) is 2.52. The predicted molar refractivity (Wildman–Crippen MR) is 82.6 cm³/mol. The highest BCUT2D eigenvalue weighted by molar-refractivity contribution is 5.79. The van der Waals surface area contributed by atoms with Crippen molar-refractivity contribution in [2.45, 2.75) is 27.3 Å². The van der Waals surface area contributed by atoms with E-state index >= 15 is 0 Å². The van der Waals surface area contributed by atoms with Crippen LogP contribution < -0.4 is 33.9 Å². The second kappa shape index (κ2) is 11.4. The molecule has 2 N–H and O–H groups in total. The summed E-state index contributed by atoms with van der Waals surface area (Å²) < 4.78 is 9.64. The zero-order chi connectivity index (χ0) is 16.7. The van der Waals surface area contributed by atoms with Gasteiger partial charge >= 0.3 is 0 Å². The Hall–Kier alpha value is -2.22. The standard InChI is InChI=1S/C16H18N4O3.2ClH/c1-13-7-15(9-17-21)3-5-19(13)11-23-12-20-6-4-16(10-18-22)8-14(20)2;;/h3-10H,11-12H2,1-2H3;2*1H. The molecule has 2 heterocycles. The number of hydrogen-bond donors (Lipinski definition) is 2. The Morgan fingerprint density at radius 3 is 1.60 bits per heavy atom. The minimum atomic E-state index is 0. The zero-order valence-electron chi connectivity index (χ0n) is 13.9. The lowest BCUT2D eigenvalue weighted by atomic mass is 10.2. The van der Waals surface area contributed by atoms with Crippen LogP contribution in [0.1, 0.15) is 22.5 Å². The zero-order valence-corrected chi connectivity index (χ0v) is 15.4. The van der Waals surface area contributed by atoms with Crippen molar-refractivity contribution >= 4 is 12.4 Å². The fraction of sp³-hybridized carbons (Fsp3) is 0.250. The molecule has 25 heavy (non-hydrogen) atoms. The molecule has 2 aromatic heterocycles. The first-order valence-electron chi connectivity index (χ1n) is 7.07. The molecular weight excluding hydrogens is 367 g/mol. The van der Waals surface area contributed by atoms with E-state index < -0.39 is 0 Å². The summed E-state index contributed by atoms with van der Waals surface area (Å²) in [6, 6.07) is 7.50. The molecule has 7 nitrogen and oxygen atoms in total. The summed E-state index contributed by atoms with van der Waals surface area (Å²) in [6.45, 7) is 4.74. The lowest BCUT2D eigenvalue weighted by Crippen LogP contribution is -3.00. The van der Waals surface area contributed by atoms with Crippen LogP contribution in [0.4, 0.5) is 0 Å². The summed E-state index contributed by atoms with van der Waals surface area (Å²) in [4.78, 5) is 0. The number of nitrogens with zero attached hydrogens (tertiary/aromatic N) is 4. The van der Waals surface area contributed by atoms with E-state index in [4.69, 9.17) is 15.2 Å². The van der Waals surface area contributed by atoms with Crippen molar-refractivity contribution in [3.05, 3.63) is 59.2 Å². The molecule has 0 saturated heterocycles. The fourth-order valence-corrected chi connectivity index (χ4v) is 2.15. The van der Waals surface area contributed by atoms with Crippen LogP contribution in [0.25, 0.3) is 0 Å². The van der Waals surface area contributed by atoms with Gasteiger partial charge in [-0.05, 0) is 0 Å². The number of oxime groups is 2. The summed E-state index contributed by atoms with van der Waals surface area (Å²) >= 11 is 0. The normalized spacial score (nSPS) is 10.6. The first-order chi connectivity index (χ1) is 11.1. The van der Waals surface area contributed by atoms with Crippen LogP contribution in [0.2, 0.25) is 0 Å². The highest BCUT2D eigenvalue weighted by Gasteiger charge is 2.10. The summed E-state index contributed by atoms with van der Waals surface area (Å²) in [5.41, 5.74) is 3.65. The molecule has 0 spiro atoms. The van der Waals surface area contributed by atoms with Gasteiger partial charge in [0.15, 0.2) is 23.8 Å². The second-order valence-corrected chi connectivity index (χ2v) is 5.09. The molecule has 0 aliphatic rings. The summed E-state index contributed by atoms with van der Waals surface area (Å²) in [7, 11) is 0. The largest absolute Gasteiger partial charge is 1.00 e. The number of ether oxygens (including phenoxy) is 1. The van der Waals surface area contributed by atoms with Crippen LogP contribution in [0.3, 0.4) is 0 Å². The van der Waals surface area contributed by atoms with Gasteiger partial charge in [0.2, 0.25) is 0 Å². The van der Waals surface area contributed by atoms with E-state index in [0.29, 0.717) is 13.5 Å². The Morgan fingerprint density at radius 2 is 1.28 bits per heavy atom. The van der Waals surface area contributed by atoms with E-state index in [1.54, 1.807) is 0 Å². The molecule has 2 aromatic rings. The number of aromatic nitrogens is 2. The molecule has 0 aromatic carbocycles. The molecule has 0 atom stereocenters. The third-order valence-corrected chi connectivity index (χ3v) is 3.43. The van der Waals surface area contributed by atoms with Crippen LogP contribution >= 0.6 is 0 Å². The summed E-state index contributed by atoms with van der Waals surface area (Å²) in [5.74, 6) is 0. The molecular formula is C16H20Cl2N4O3. The number of pyridine rings is 2. The molecule has 0 radical (unpaired) electrons. The molecule has 0 unspecified atom stereocenters. The number of aryl methyl sites for hydroxylation is 2. The third-order valence-electron chi connectivity index (χ3n) is 3.43. The molecule has 136 valence electrons. The maximum Gasteiger partial charge on any atom is 0.258 e. The van der Waals surface area contributed by atoms with Crippen LogP contribution in [0.5, 0.6) is 0 Å². The van der Waals surface area contributed by atoms with Gasteiger partial charge in [-0.15, -0.1) is 0 Å². The quantitative estimate of drug-likeness (QED) is 0.226. The van der Waals surface area contributed by atoms with Gasteiger partial charge in [-0.1, -0.05) is 10.3 Å². The van der Waals surface area contributed by atoms with E-state index in [0.717, 1.165) is 22.5 Å². The summed E-state index contributed by atoms with van der Waals surface area (Å²) in [5, 5.41) is 23.1. The maximum atomic E-state index is 8.54. The molecule has 0 saturated carbocycles. The Morgan fingerprint density at radius 1 is 0.880 bits per heavy atom. The van der Waals surface area contributed by atoms with Gasteiger partial charge in [0.05, 0.1) is 12.4 Å². The van der Waals surface area contributed by atoms with Crippen LogP contribution in [0.15, 0.2) is 47.0 Å². The molecule has 0 fully saturated rings. The van der Waals surface area contributed by atoms with Crippen LogP contribution in [-0.4, -0.2) is 22.8 Å². The van der Waals surface area contributed by atoms with Crippen molar-refractivity contribution in [3.8, 4) is 0 Å². The first-order valence-corrected chi connectivity index (χ1v) is 7.07. The third kappa shape index (κ3) is 6.66. The monoisotopic (exact) mass is 386 g/mol. The Kier molecular flexibility index (Phi) is 10.3. The van der Waals surface area contributed by atoms with Gasteiger partial charge in [0.1, 0.15) is 0 Å². The molecule has 9 heteroatoms. The Bertz CT molecular complexity index is 678. The summed E-state index contributed by atoms with van der Waals surface area (Å²) in [6.07, 6.45) is 6.53. The molecule has 0 aliphatic carbocycles. The van der Waals surface area contributed by atoms with E-state index in [9.17, 15) is 0 Å². The Balaban J connectivity index is 0.00000288. The van der Waals surface area contributed by atoms with E-state index in [1.165, 1.54) is 12.4 Å². The van der Waals surface area contributed by atoms with E-state index in [1.807, 2.05) is 59.6 Å². The van der Waals surface area contributed by atoms with E-state index in [-0.39, 0.29) is 24.8 Å². The highest BCUT2D eigenvalue weighted by Crippen LogP contribution is 1.98. The first kappa shape index (κ1) is 22.8. The molecule has 0 bridgehead atoms. The smallest absolute Gasteiger partial charge is 0.258 e.